The number of nitrogens with zero attached hydrogens (tertiary/aromatic N) is 2. The zero-order chi connectivity index (χ0) is 28.6. The van der Waals surface area contributed by atoms with Gasteiger partial charge in [-0.3, -0.25) is 19.2 Å². The van der Waals surface area contributed by atoms with Crippen molar-refractivity contribution in [3.05, 3.63) is 99.4 Å². The van der Waals surface area contributed by atoms with E-state index in [0.29, 0.717) is 12.8 Å². The minimum atomic E-state index is -0.802. The van der Waals surface area contributed by atoms with Gasteiger partial charge in [-0.2, -0.15) is 5.01 Å². The van der Waals surface area contributed by atoms with Crippen LogP contribution in [-0.4, -0.2) is 46.0 Å². The Bertz CT molecular complexity index is 1550. The van der Waals surface area contributed by atoms with Gasteiger partial charge in [0.15, 0.2) is 5.78 Å². The SMILES string of the molecule is CC1=CC[C@H]2C(=O)N(N(CC(=O)c3ccc(OC(=O)c4ccco4)cc3)C(=O)c3ccc(Cl)cc3Cl)C(=O)[C@@H]2C1. The second kappa shape index (κ2) is 11.1. The first-order valence-electron chi connectivity index (χ1n) is 12.3. The van der Waals surface area contributed by atoms with E-state index < -0.39 is 47.9 Å². The Kier molecular flexibility index (Phi) is 7.60. The van der Waals surface area contributed by atoms with Crippen molar-refractivity contribution in [1.29, 1.82) is 0 Å². The fourth-order valence-corrected chi connectivity index (χ4v) is 5.27. The lowest BCUT2D eigenvalue weighted by molar-refractivity contribution is -0.154. The van der Waals surface area contributed by atoms with Crippen LogP contribution in [0.15, 0.2) is 76.9 Å². The standard InChI is InChI=1S/C29H22Cl2N2O7/c1-16-4-10-20-22(13-16)28(37)33(27(20)36)32(26(35)21-11-7-18(30)14-23(21)31)15-24(34)17-5-8-19(9-6-17)40-29(38)25-3-2-12-39-25/h2-9,11-12,14,20,22H,10,13,15H2,1H3/t20-,22-/m1/s1. The Morgan fingerprint density at radius 1 is 1.02 bits per heavy atom. The van der Waals surface area contributed by atoms with Crippen molar-refractivity contribution in [2.24, 2.45) is 11.8 Å². The molecule has 2 heterocycles. The number of hydrogen-bond donors (Lipinski definition) is 0. The van der Waals surface area contributed by atoms with E-state index in [2.05, 4.69) is 0 Å². The Morgan fingerprint density at radius 2 is 1.75 bits per heavy atom. The lowest BCUT2D eigenvalue weighted by Gasteiger charge is -2.30. The van der Waals surface area contributed by atoms with Crippen LogP contribution in [0.1, 0.15) is 51.0 Å². The maximum Gasteiger partial charge on any atom is 0.379 e. The number of imide groups is 1. The molecule has 0 spiro atoms. The number of carbonyl (C=O) groups is 5. The highest BCUT2D eigenvalue weighted by Gasteiger charge is 2.52. The highest BCUT2D eigenvalue weighted by atomic mass is 35.5. The van der Waals surface area contributed by atoms with E-state index in [4.69, 9.17) is 32.4 Å². The summed E-state index contributed by atoms with van der Waals surface area (Å²) < 4.78 is 10.2. The third-order valence-corrected chi connectivity index (χ3v) is 7.39. The van der Waals surface area contributed by atoms with Gasteiger partial charge in [-0.05, 0) is 74.4 Å². The smallest absolute Gasteiger partial charge is 0.379 e. The molecule has 0 bridgehead atoms. The molecule has 0 saturated carbocycles. The van der Waals surface area contributed by atoms with Crippen molar-refractivity contribution in [3.8, 4) is 5.75 Å². The monoisotopic (exact) mass is 580 g/mol. The van der Waals surface area contributed by atoms with Gasteiger partial charge in [-0.15, -0.1) is 0 Å². The number of benzene rings is 2. The van der Waals surface area contributed by atoms with Gasteiger partial charge in [-0.25, -0.2) is 9.80 Å². The van der Waals surface area contributed by atoms with E-state index in [-0.39, 0.29) is 32.7 Å². The summed E-state index contributed by atoms with van der Waals surface area (Å²) >= 11 is 12.3. The van der Waals surface area contributed by atoms with Crippen LogP contribution < -0.4 is 4.74 Å². The first kappa shape index (κ1) is 27.4. The molecule has 9 nitrogen and oxygen atoms in total. The van der Waals surface area contributed by atoms with Crippen molar-refractivity contribution in [1.82, 2.24) is 10.0 Å². The molecule has 1 saturated heterocycles. The molecule has 2 atom stereocenters. The summed E-state index contributed by atoms with van der Waals surface area (Å²) in [6.07, 6.45) is 4.00. The normalized spacial score (nSPS) is 18.3. The Labute approximate surface area is 238 Å². The average molecular weight is 581 g/mol. The third kappa shape index (κ3) is 5.30. The molecular formula is C29H22Cl2N2O7. The number of amides is 3. The van der Waals surface area contributed by atoms with E-state index in [1.165, 1.54) is 54.8 Å². The van der Waals surface area contributed by atoms with Crippen LogP contribution in [0.4, 0.5) is 0 Å². The van der Waals surface area contributed by atoms with Crippen LogP contribution in [-0.2, 0) is 9.59 Å². The molecule has 2 aliphatic rings. The number of Topliss-reactive ketones (excluding diaryl/α,β-unsaturated/α-hetero) is 1. The highest BCUT2D eigenvalue weighted by molar-refractivity contribution is 6.36. The maximum atomic E-state index is 13.7. The number of fused-ring (bicyclic) bond motifs is 1. The number of allylic oxidation sites excluding steroid dienone is 2. The van der Waals surface area contributed by atoms with Crippen LogP contribution in [0.3, 0.4) is 0 Å². The number of halogens is 2. The van der Waals surface area contributed by atoms with E-state index in [1.54, 1.807) is 6.07 Å². The lowest BCUT2D eigenvalue weighted by Crippen LogP contribution is -2.52. The van der Waals surface area contributed by atoms with Crippen molar-refractivity contribution in [2.45, 2.75) is 19.8 Å². The summed E-state index contributed by atoms with van der Waals surface area (Å²) in [5.74, 6) is -4.23. The molecule has 204 valence electrons. The Hall–Kier alpha value is -4.21. The number of ketones is 1. The average Bonchev–Trinajstić information content (AvgIpc) is 3.55. The summed E-state index contributed by atoms with van der Waals surface area (Å²) in [4.78, 5) is 66.0. The van der Waals surface area contributed by atoms with Gasteiger partial charge in [0.05, 0.1) is 28.7 Å². The molecule has 5 rings (SSSR count). The van der Waals surface area contributed by atoms with Crippen LogP contribution in [0.2, 0.25) is 10.0 Å². The van der Waals surface area contributed by atoms with Gasteiger partial charge >= 0.3 is 5.97 Å². The summed E-state index contributed by atoms with van der Waals surface area (Å²) in [5, 5.41) is 1.93. The molecule has 0 radical (unpaired) electrons. The molecule has 1 aliphatic carbocycles. The quantitative estimate of drug-likeness (QED) is 0.121. The van der Waals surface area contributed by atoms with E-state index >= 15 is 0 Å². The number of hydrogen-bond acceptors (Lipinski definition) is 7. The van der Waals surface area contributed by atoms with Gasteiger partial charge in [0.25, 0.3) is 17.7 Å². The fourth-order valence-electron chi connectivity index (χ4n) is 4.78. The second-order valence-corrected chi connectivity index (χ2v) is 10.3. The number of rotatable bonds is 7. The Balaban J connectivity index is 1.41. The van der Waals surface area contributed by atoms with E-state index in [0.717, 1.165) is 15.6 Å². The third-order valence-electron chi connectivity index (χ3n) is 6.84. The summed E-state index contributed by atoms with van der Waals surface area (Å²) in [6.45, 7) is 1.26. The van der Waals surface area contributed by atoms with Crippen LogP contribution in [0, 0.1) is 11.8 Å². The van der Waals surface area contributed by atoms with Gasteiger partial charge in [0, 0.05) is 10.6 Å². The molecule has 11 heteroatoms. The minimum Gasteiger partial charge on any atom is -0.457 e. The summed E-state index contributed by atoms with van der Waals surface area (Å²) in [6, 6.07) is 12.8. The molecule has 0 N–H and O–H groups in total. The van der Waals surface area contributed by atoms with Gasteiger partial charge < -0.3 is 9.15 Å². The zero-order valence-electron chi connectivity index (χ0n) is 21.1. The van der Waals surface area contributed by atoms with Crippen molar-refractivity contribution in [2.75, 3.05) is 6.54 Å². The van der Waals surface area contributed by atoms with Gasteiger partial charge in [0.1, 0.15) is 12.3 Å². The predicted octanol–water partition coefficient (Wildman–Crippen LogP) is 5.39. The first-order chi connectivity index (χ1) is 19.1. The van der Waals surface area contributed by atoms with Crippen LogP contribution in [0.25, 0.3) is 0 Å². The Morgan fingerprint density at radius 3 is 2.42 bits per heavy atom. The number of esters is 1. The maximum absolute atomic E-state index is 13.7. The van der Waals surface area contributed by atoms with Crippen molar-refractivity contribution in [3.63, 3.8) is 0 Å². The minimum absolute atomic E-state index is 0.00620. The van der Waals surface area contributed by atoms with Crippen LogP contribution >= 0.6 is 23.2 Å². The summed E-state index contributed by atoms with van der Waals surface area (Å²) in [5.41, 5.74) is 1.11. The zero-order valence-corrected chi connectivity index (χ0v) is 22.6. The first-order valence-corrected chi connectivity index (χ1v) is 13.1. The predicted molar refractivity (Wildman–Crippen MR) is 144 cm³/mol. The molecule has 3 amide bonds. The largest absolute Gasteiger partial charge is 0.457 e. The number of carbonyl (C=O) groups excluding carboxylic acids is 5. The molecule has 3 aromatic rings. The fraction of sp³-hybridized carbons (Fsp3) is 0.207. The number of ether oxygens (including phenoxy) is 1. The van der Waals surface area contributed by atoms with Crippen molar-refractivity contribution >= 4 is 52.7 Å². The molecular weight excluding hydrogens is 559 g/mol. The molecule has 1 aromatic heterocycles. The molecule has 2 aromatic carbocycles. The molecule has 0 unspecified atom stereocenters. The van der Waals surface area contributed by atoms with Crippen LogP contribution in [0.5, 0.6) is 5.75 Å². The van der Waals surface area contributed by atoms with E-state index in [9.17, 15) is 24.0 Å². The molecule has 1 aliphatic heterocycles. The molecule has 40 heavy (non-hydrogen) atoms. The highest BCUT2D eigenvalue weighted by Crippen LogP contribution is 2.39. The topological polar surface area (TPSA) is 114 Å². The molecule has 1 fully saturated rings. The number of hydrazine groups is 1. The second-order valence-electron chi connectivity index (χ2n) is 9.49. The van der Waals surface area contributed by atoms with Crippen molar-refractivity contribution < 1.29 is 33.1 Å². The summed E-state index contributed by atoms with van der Waals surface area (Å²) in [7, 11) is 0. The van der Waals surface area contributed by atoms with E-state index in [1.807, 2.05) is 13.0 Å². The number of furan rings is 1. The van der Waals surface area contributed by atoms with Gasteiger partial charge in [-0.1, -0.05) is 34.9 Å². The van der Waals surface area contributed by atoms with Gasteiger partial charge in [0.2, 0.25) is 5.76 Å². The lowest BCUT2D eigenvalue weighted by atomic mass is 9.82.